The molecule has 3 heteroatoms. The second-order valence-electron chi connectivity index (χ2n) is 4.42. The lowest BCUT2D eigenvalue weighted by Gasteiger charge is -2.08. The molecule has 102 valence electrons. The molecule has 2 aromatic rings. The Kier molecular flexibility index (Phi) is 5.09. The highest BCUT2D eigenvalue weighted by molar-refractivity contribution is 5.83. The molecule has 3 nitrogen and oxygen atoms in total. The first kappa shape index (κ1) is 14.0. The van der Waals surface area contributed by atoms with E-state index in [1.54, 1.807) is 6.08 Å². The van der Waals surface area contributed by atoms with Crippen molar-refractivity contribution in [1.82, 2.24) is 5.32 Å². The molecule has 0 saturated heterocycles. The molecule has 1 atom stereocenters. The summed E-state index contributed by atoms with van der Waals surface area (Å²) in [5.41, 5.74) is 1.95. The van der Waals surface area contributed by atoms with Gasteiger partial charge in [0.2, 0.25) is 0 Å². The van der Waals surface area contributed by atoms with Crippen LogP contribution >= 0.6 is 0 Å². The zero-order valence-electron chi connectivity index (χ0n) is 11.1. The van der Waals surface area contributed by atoms with E-state index < -0.39 is 12.0 Å². The Labute approximate surface area is 118 Å². The minimum absolute atomic E-state index is 0.402. The van der Waals surface area contributed by atoms with Crippen molar-refractivity contribution in [3.05, 3.63) is 77.9 Å². The second-order valence-corrected chi connectivity index (χ2v) is 4.42. The van der Waals surface area contributed by atoms with E-state index in [0.29, 0.717) is 6.54 Å². The molecule has 2 N–H and O–H groups in total. The Morgan fingerprint density at radius 2 is 1.65 bits per heavy atom. The lowest BCUT2D eigenvalue weighted by atomic mass is 10.2. The summed E-state index contributed by atoms with van der Waals surface area (Å²) in [5, 5.41) is 12.5. The van der Waals surface area contributed by atoms with Crippen molar-refractivity contribution in [2.24, 2.45) is 0 Å². The van der Waals surface area contributed by atoms with Gasteiger partial charge in [0.05, 0.1) is 0 Å². The number of hydrogen-bond donors (Lipinski definition) is 2. The molecule has 0 aliphatic heterocycles. The van der Waals surface area contributed by atoms with Crippen molar-refractivity contribution in [2.45, 2.75) is 12.6 Å². The largest absolute Gasteiger partial charge is 0.379 e. The number of nitrogens with one attached hydrogen (secondary N) is 1. The third-order valence-electron chi connectivity index (χ3n) is 2.85. The summed E-state index contributed by atoms with van der Waals surface area (Å²) >= 11 is 0. The van der Waals surface area contributed by atoms with Crippen LogP contribution in [-0.4, -0.2) is 17.1 Å². The van der Waals surface area contributed by atoms with Gasteiger partial charge < -0.3 is 10.4 Å². The average molecular weight is 267 g/mol. The van der Waals surface area contributed by atoms with E-state index in [1.165, 1.54) is 6.08 Å². The second kappa shape index (κ2) is 7.26. The third-order valence-corrected chi connectivity index (χ3v) is 2.85. The molecule has 0 aliphatic carbocycles. The summed E-state index contributed by atoms with van der Waals surface area (Å²) < 4.78 is 0. The van der Waals surface area contributed by atoms with Crippen molar-refractivity contribution in [3.8, 4) is 0 Å². The highest BCUT2D eigenvalue weighted by Gasteiger charge is 2.10. The van der Waals surface area contributed by atoms with E-state index in [2.05, 4.69) is 5.32 Å². The maximum Gasteiger partial charge on any atom is 0.253 e. The predicted molar refractivity (Wildman–Crippen MR) is 79.8 cm³/mol. The minimum Gasteiger partial charge on any atom is -0.379 e. The van der Waals surface area contributed by atoms with Crippen LogP contribution in [0.15, 0.2) is 66.7 Å². The number of aliphatic hydroxyl groups excluding tert-OH is 1. The summed E-state index contributed by atoms with van der Waals surface area (Å²) in [6.07, 6.45) is 2.07. The van der Waals surface area contributed by atoms with Gasteiger partial charge in [0.25, 0.3) is 5.91 Å². The lowest BCUT2D eigenvalue weighted by Crippen LogP contribution is -2.32. The fourth-order valence-electron chi connectivity index (χ4n) is 1.74. The summed E-state index contributed by atoms with van der Waals surface area (Å²) in [5.74, 6) is -0.402. The van der Waals surface area contributed by atoms with E-state index in [9.17, 15) is 9.90 Å². The monoisotopic (exact) mass is 267 g/mol. The van der Waals surface area contributed by atoms with Gasteiger partial charge in [-0.1, -0.05) is 66.7 Å². The van der Waals surface area contributed by atoms with Crippen molar-refractivity contribution in [3.63, 3.8) is 0 Å². The molecule has 20 heavy (non-hydrogen) atoms. The first-order valence-electron chi connectivity index (χ1n) is 6.48. The van der Waals surface area contributed by atoms with Crippen LogP contribution in [0.4, 0.5) is 0 Å². The highest BCUT2D eigenvalue weighted by atomic mass is 16.3. The van der Waals surface area contributed by atoms with E-state index in [4.69, 9.17) is 0 Å². The van der Waals surface area contributed by atoms with E-state index in [1.807, 2.05) is 60.7 Å². The van der Waals surface area contributed by atoms with Crippen molar-refractivity contribution in [1.29, 1.82) is 0 Å². The Morgan fingerprint density at radius 3 is 2.30 bits per heavy atom. The summed E-state index contributed by atoms with van der Waals surface area (Å²) in [6.45, 7) is 0.413. The molecule has 1 unspecified atom stereocenters. The molecule has 0 spiro atoms. The van der Waals surface area contributed by atoms with Gasteiger partial charge >= 0.3 is 0 Å². The standard InChI is InChI=1S/C17H17NO2/c19-16(12-11-14-7-3-1-4-8-14)17(20)18-13-15-9-5-2-6-10-15/h1-12,16,19H,13H2,(H,18,20)/b12-11+. The van der Waals surface area contributed by atoms with Crippen LogP contribution in [0.2, 0.25) is 0 Å². The average Bonchev–Trinajstić information content (AvgIpc) is 2.52. The molecule has 0 radical (unpaired) electrons. The van der Waals surface area contributed by atoms with Gasteiger partial charge in [0, 0.05) is 6.54 Å². The molecule has 0 fully saturated rings. The smallest absolute Gasteiger partial charge is 0.253 e. The molecular formula is C17H17NO2. The fourth-order valence-corrected chi connectivity index (χ4v) is 1.74. The highest BCUT2D eigenvalue weighted by Crippen LogP contribution is 2.03. The Bertz CT molecular complexity index is 564. The quantitative estimate of drug-likeness (QED) is 0.874. The maximum absolute atomic E-state index is 11.7. The number of benzene rings is 2. The number of hydrogen-bond acceptors (Lipinski definition) is 2. The molecule has 0 aliphatic rings. The van der Waals surface area contributed by atoms with E-state index in [-0.39, 0.29) is 0 Å². The number of carbonyl (C=O) groups excluding carboxylic acids is 1. The summed E-state index contributed by atoms with van der Waals surface area (Å²) in [4.78, 5) is 11.7. The fraction of sp³-hybridized carbons (Fsp3) is 0.118. The molecular weight excluding hydrogens is 250 g/mol. The Morgan fingerprint density at radius 1 is 1.05 bits per heavy atom. The van der Waals surface area contributed by atoms with Gasteiger partial charge in [-0.25, -0.2) is 0 Å². The normalized spacial score (nSPS) is 12.2. The zero-order chi connectivity index (χ0) is 14.2. The van der Waals surface area contributed by atoms with Crippen LogP contribution in [0.25, 0.3) is 6.08 Å². The molecule has 2 aromatic carbocycles. The summed E-state index contributed by atoms with van der Waals surface area (Å²) in [7, 11) is 0. The SMILES string of the molecule is O=C(NCc1ccccc1)C(O)/C=C/c1ccccc1. The maximum atomic E-state index is 11.7. The molecule has 0 bridgehead atoms. The molecule has 0 heterocycles. The summed E-state index contributed by atoms with van der Waals surface area (Å²) in [6, 6.07) is 19.1. The van der Waals surface area contributed by atoms with Gasteiger partial charge in [-0.3, -0.25) is 4.79 Å². The molecule has 0 saturated carbocycles. The molecule has 1 amide bonds. The van der Waals surface area contributed by atoms with Crippen molar-refractivity contribution >= 4 is 12.0 Å². The van der Waals surface area contributed by atoms with Crippen LogP contribution in [-0.2, 0) is 11.3 Å². The Balaban J connectivity index is 1.85. The lowest BCUT2D eigenvalue weighted by molar-refractivity contribution is -0.127. The van der Waals surface area contributed by atoms with E-state index in [0.717, 1.165) is 11.1 Å². The minimum atomic E-state index is -1.14. The first-order valence-corrected chi connectivity index (χ1v) is 6.48. The predicted octanol–water partition coefficient (Wildman–Crippen LogP) is 2.38. The van der Waals surface area contributed by atoms with Crippen LogP contribution in [0.1, 0.15) is 11.1 Å². The number of rotatable bonds is 5. The number of carbonyl (C=O) groups is 1. The van der Waals surface area contributed by atoms with Crippen molar-refractivity contribution < 1.29 is 9.90 Å². The molecule has 2 rings (SSSR count). The Hall–Kier alpha value is -2.39. The van der Waals surface area contributed by atoms with Gasteiger partial charge in [0.1, 0.15) is 0 Å². The van der Waals surface area contributed by atoms with E-state index >= 15 is 0 Å². The number of amides is 1. The number of aliphatic hydroxyl groups is 1. The van der Waals surface area contributed by atoms with Crippen molar-refractivity contribution in [2.75, 3.05) is 0 Å². The van der Waals surface area contributed by atoms with Crippen LogP contribution in [0, 0.1) is 0 Å². The van der Waals surface area contributed by atoms with Crippen LogP contribution in [0.3, 0.4) is 0 Å². The van der Waals surface area contributed by atoms with Crippen LogP contribution < -0.4 is 5.32 Å². The van der Waals surface area contributed by atoms with Gasteiger partial charge in [0.15, 0.2) is 6.10 Å². The van der Waals surface area contributed by atoms with Gasteiger partial charge in [-0.15, -0.1) is 0 Å². The molecule has 0 aromatic heterocycles. The van der Waals surface area contributed by atoms with Crippen LogP contribution in [0.5, 0.6) is 0 Å². The van der Waals surface area contributed by atoms with Gasteiger partial charge in [-0.2, -0.15) is 0 Å². The topological polar surface area (TPSA) is 49.3 Å². The third kappa shape index (κ3) is 4.37. The van der Waals surface area contributed by atoms with Gasteiger partial charge in [-0.05, 0) is 17.2 Å². The first-order chi connectivity index (χ1) is 9.75. The zero-order valence-corrected chi connectivity index (χ0v) is 11.1.